The Kier molecular flexibility index (Phi) is 4.16. The van der Waals surface area contributed by atoms with Crippen LogP contribution in [0.2, 0.25) is 0 Å². The number of hydrogen-bond acceptors (Lipinski definition) is 5. The van der Waals surface area contributed by atoms with Gasteiger partial charge in [0.2, 0.25) is 0 Å². The number of anilines is 2. The first-order valence-corrected chi connectivity index (χ1v) is 7.48. The molecule has 2 aliphatic heterocycles. The van der Waals surface area contributed by atoms with Crippen molar-refractivity contribution in [3.63, 3.8) is 0 Å². The van der Waals surface area contributed by atoms with Gasteiger partial charge in [-0.3, -0.25) is 0 Å². The number of nitrogen functional groups attached to an aromatic ring is 1. The Hall–Kier alpha value is -1.62. The fourth-order valence-corrected chi connectivity index (χ4v) is 2.79. The van der Waals surface area contributed by atoms with Gasteiger partial charge in [-0.05, 0) is 38.9 Å². The second-order valence-corrected chi connectivity index (χ2v) is 5.41. The van der Waals surface area contributed by atoms with Crippen molar-refractivity contribution in [1.82, 2.24) is 4.90 Å². The lowest BCUT2D eigenvalue weighted by Crippen LogP contribution is -2.22. The zero-order valence-electron chi connectivity index (χ0n) is 11.9. The highest BCUT2D eigenvalue weighted by molar-refractivity contribution is 5.72. The van der Waals surface area contributed by atoms with Gasteiger partial charge in [0.1, 0.15) is 13.2 Å². The summed E-state index contributed by atoms with van der Waals surface area (Å²) in [5.74, 6) is 1.53. The second kappa shape index (κ2) is 6.22. The van der Waals surface area contributed by atoms with Crippen LogP contribution in [0, 0.1) is 0 Å². The minimum Gasteiger partial charge on any atom is -0.486 e. The number of nitrogens with zero attached hydrogens (tertiary/aromatic N) is 1. The SMILES string of the molecule is Nc1cc2c(cc1NCCCN1CCCC1)OCCO2. The highest BCUT2D eigenvalue weighted by atomic mass is 16.6. The molecule has 0 radical (unpaired) electrons. The smallest absolute Gasteiger partial charge is 0.163 e. The summed E-state index contributed by atoms with van der Waals surface area (Å²) in [5.41, 5.74) is 7.70. The summed E-state index contributed by atoms with van der Waals surface area (Å²) in [6.45, 7) is 5.80. The topological polar surface area (TPSA) is 59.8 Å². The summed E-state index contributed by atoms with van der Waals surface area (Å²) in [4.78, 5) is 2.52. The van der Waals surface area contributed by atoms with Crippen LogP contribution in [0.25, 0.3) is 0 Å². The second-order valence-electron chi connectivity index (χ2n) is 5.41. The summed E-state index contributed by atoms with van der Waals surface area (Å²) < 4.78 is 11.1. The standard InChI is InChI=1S/C15H23N3O2/c16-12-10-14-15(20-9-8-19-14)11-13(12)17-4-3-7-18-5-1-2-6-18/h10-11,17H,1-9,16H2. The Morgan fingerprint density at radius 2 is 1.80 bits per heavy atom. The molecule has 2 aliphatic rings. The van der Waals surface area contributed by atoms with Gasteiger partial charge < -0.3 is 25.4 Å². The van der Waals surface area contributed by atoms with E-state index in [1.807, 2.05) is 12.1 Å². The largest absolute Gasteiger partial charge is 0.486 e. The van der Waals surface area contributed by atoms with Crippen LogP contribution in [0.1, 0.15) is 19.3 Å². The van der Waals surface area contributed by atoms with E-state index in [0.29, 0.717) is 13.2 Å². The lowest BCUT2D eigenvalue weighted by atomic mass is 10.2. The Morgan fingerprint density at radius 1 is 1.10 bits per heavy atom. The number of likely N-dealkylation sites (tertiary alicyclic amines) is 1. The van der Waals surface area contributed by atoms with E-state index in [2.05, 4.69) is 10.2 Å². The molecule has 110 valence electrons. The van der Waals surface area contributed by atoms with Gasteiger partial charge in [0.15, 0.2) is 11.5 Å². The molecule has 0 amide bonds. The maximum atomic E-state index is 6.04. The molecule has 1 aromatic carbocycles. The molecule has 0 unspecified atom stereocenters. The van der Waals surface area contributed by atoms with Crippen molar-refractivity contribution in [3.8, 4) is 11.5 Å². The third-order valence-corrected chi connectivity index (χ3v) is 3.88. The molecule has 1 saturated heterocycles. The quantitative estimate of drug-likeness (QED) is 0.636. The Labute approximate surface area is 120 Å². The van der Waals surface area contributed by atoms with Crippen LogP contribution in [0.4, 0.5) is 11.4 Å². The van der Waals surface area contributed by atoms with Crippen LogP contribution in [-0.4, -0.2) is 44.3 Å². The molecular weight excluding hydrogens is 254 g/mol. The van der Waals surface area contributed by atoms with Gasteiger partial charge in [-0.1, -0.05) is 0 Å². The first-order chi connectivity index (χ1) is 9.83. The third-order valence-electron chi connectivity index (χ3n) is 3.88. The van der Waals surface area contributed by atoms with Crippen LogP contribution in [-0.2, 0) is 0 Å². The number of ether oxygens (including phenoxy) is 2. The summed E-state index contributed by atoms with van der Waals surface area (Å²) >= 11 is 0. The van der Waals surface area contributed by atoms with Crippen LogP contribution in [0.3, 0.4) is 0 Å². The zero-order valence-corrected chi connectivity index (χ0v) is 11.9. The predicted molar refractivity (Wildman–Crippen MR) is 80.6 cm³/mol. The molecule has 3 rings (SSSR count). The molecule has 3 N–H and O–H groups in total. The maximum absolute atomic E-state index is 6.04. The van der Waals surface area contributed by atoms with Crippen LogP contribution < -0.4 is 20.5 Å². The molecule has 0 atom stereocenters. The summed E-state index contributed by atoms with van der Waals surface area (Å²) in [7, 11) is 0. The fourth-order valence-electron chi connectivity index (χ4n) is 2.79. The molecule has 0 spiro atoms. The van der Waals surface area contributed by atoms with Gasteiger partial charge in [-0.2, -0.15) is 0 Å². The lowest BCUT2D eigenvalue weighted by Gasteiger charge is -2.21. The van der Waals surface area contributed by atoms with Crippen molar-refractivity contribution in [1.29, 1.82) is 0 Å². The first kappa shape index (κ1) is 13.4. The molecule has 5 nitrogen and oxygen atoms in total. The van der Waals surface area contributed by atoms with Crippen molar-refractivity contribution in [2.24, 2.45) is 0 Å². The van der Waals surface area contributed by atoms with Crippen molar-refractivity contribution < 1.29 is 9.47 Å². The molecule has 20 heavy (non-hydrogen) atoms. The van der Waals surface area contributed by atoms with E-state index in [1.54, 1.807) is 0 Å². The molecular formula is C15H23N3O2. The summed E-state index contributed by atoms with van der Waals surface area (Å²) in [5, 5.41) is 3.40. The summed E-state index contributed by atoms with van der Waals surface area (Å²) in [6.07, 6.45) is 3.83. The number of nitrogens with two attached hydrogens (primary N) is 1. The maximum Gasteiger partial charge on any atom is 0.163 e. The zero-order chi connectivity index (χ0) is 13.8. The van der Waals surface area contributed by atoms with Crippen molar-refractivity contribution in [3.05, 3.63) is 12.1 Å². The molecule has 1 aromatic rings. The van der Waals surface area contributed by atoms with Gasteiger partial charge in [0.05, 0.1) is 11.4 Å². The minimum absolute atomic E-state index is 0.592. The fraction of sp³-hybridized carbons (Fsp3) is 0.600. The number of nitrogens with one attached hydrogen (secondary N) is 1. The predicted octanol–water partition coefficient (Wildman–Crippen LogP) is 1.94. The van der Waals surface area contributed by atoms with Crippen molar-refractivity contribution in [2.75, 3.05) is 50.4 Å². The highest BCUT2D eigenvalue weighted by Gasteiger charge is 2.14. The van der Waals surface area contributed by atoms with E-state index in [9.17, 15) is 0 Å². The average Bonchev–Trinajstić information content (AvgIpc) is 2.97. The van der Waals surface area contributed by atoms with Gasteiger partial charge in [-0.25, -0.2) is 0 Å². The van der Waals surface area contributed by atoms with E-state index in [-0.39, 0.29) is 0 Å². The molecule has 0 bridgehead atoms. The third kappa shape index (κ3) is 3.10. The normalized spacial score (nSPS) is 18.2. The van der Waals surface area contributed by atoms with E-state index in [1.165, 1.54) is 25.9 Å². The molecule has 0 saturated carbocycles. The van der Waals surface area contributed by atoms with Crippen LogP contribution >= 0.6 is 0 Å². The summed E-state index contributed by atoms with van der Waals surface area (Å²) in [6, 6.07) is 3.79. The van der Waals surface area contributed by atoms with E-state index in [0.717, 1.165) is 42.4 Å². The number of hydrogen-bond donors (Lipinski definition) is 2. The van der Waals surface area contributed by atoms with Gasteiger partial charge in [0, 0.05) is 18.7 Å². The number of fused-ring (bicyclic) bond motifs is 1. The van der Waals surface area contributed by atoms with Crippen molar-refractivity contribution >= 4 is 11.4 Å². The van der Waals surface area contributed by atoms with Gasteiger partial charge in [0.25, 0.3) is 0 Å². The Morgan fingerprint density at radius 3 is 2.55 bits per heavy atom. The van der Waals surface area contributed by atoms with Crippen molar-refractivity contribution in [2.45, 2.75) is 19.3 Å². The van der Waals surface area contributed by atoms with E-state index < -0.39 is 0 Å². The molecule has 1 fully saturated rings. The average molecular weight is 277 g/mol. The monoisotopic (exact) mass is 277 g/mol. The van der Waals surface area contributed by atoms with E-state index in [4.69, 9.17) is 15.2 Å². The molecule has 0 aromatic heterocycles. The van der Waals surface area contributed by atoms with Crippen LogP contribution in [0.5, 0.6) is 11.5 Å². The van der Waals surface area contributed by atoms with Gasteiger partial charge >= 0.3 is 0 Å². The lowest BCUT2D eigenvalue weighted by molar-refractivity contribution is 0.172. The Bertz CT molecular complexity index is 459. The first-order valence-electron chi connectivity index (χ1n) is 7.48. The molecule has 0 aliphatic carbocycles. The van der Waals surface area contributed by atoms with Crippen LogP contribution in [0.15, 0.2) is 12.1 Å². The molecule has 2 heterocycles. The Balaban J connectivity index is 1.51. The van der Waals surface area contributed by atoms with Gasteiger partial charge in [-0.15, -0.1) is 0 Å². The number of rotatable bonds is 5. The highest BCUT2D eigenvalue weighted by Crippen LogP contribution is 2.36. The molecule has 5 heteroatoms. The number of benzene rings is 1. The minimum atomic E-state index is 0.592. The van der Waals surface area contributed by atoms with E-state index >= 15 is 0 Å².